The highest BCUT2D eigenvalue weighted by Gasteiger charge is 2.34. The number of alkyl halides is 3. The number of carbonyl (C=O) groups is 1. The van der Waals surface area contributed by atoms with Gasteiger partial charge in [-0.3, -0.25) is 4.79 Å². The SMILES string of the molecule is C#CC(C)(C)Oc1nc(C(F)(F)F)ccc1C(N)=O. The van der Waals surface area contributed by atoms with E-state index in [0.29, 0.717) is 6.07 Å². The van der Waals surface area contributed by atoms with Gasteiger partial charge in [-0.1, -0.05) is 5.92 Å². The number of hydrogen-bond donors (Lipinski definition) is 1. The number of carbonyl (C=O) groups excluding carboxylic acids is 1. The van der Waals surface area contributed by atoms with Gasteiger partial charge in [-0.2, -0.15) is 13.2 Å². The summed E-state index contributed by atoms with van der Waals surface area (Å²) in [5, 5.41) is 0. The molecule has 4 nitrogen and oxygen atoms in total. The van der Waals surface area contributed by atoms with Crippen LogP contribution in [0.25, 0.3) is 0 Å². The van der Waals surface area contributed by atoms with Crippen molar-refractivity contribution in [3.05, 3.63) is 23.4 Å². The number of rotatable bonds is 3. The molecule has 0 saturated heterocycles. The zero-order valence-electron chi connectivity index (χ0n) is 10.2. The molecule has 0 aliphatic rings. The molecule has 0 aliphatic heterocycles. The first-order valence-electron chi connectivity index (χ1n) is 5.11. The maximum absolute atomic E-state index is 12.5. The molecule has 0 atom stereocenters. The Hall–Kier alpha value is -2.23. The zero-order valence-corrected chi connectivity index (χ0v) is 10.2. The fourth-order valence-corrected chi connectivity index (χ4v) is 1.13. The van der Waals surface area contributed by atoms with Crippen molar-refractivity contribution in [2.45, 2.75) is 25.6 Å². The summed E-state index contributed by atoms with van der Waals surface area (Å²) < 4.78 is 42.8. The van der Waals surface area contributed by atoms with Crippen molar-refractivity contribution in [1.82, 2.24) is 4.98 Å². The molecule has 19 heavy (non-hydrogen) atoms. The minimum absolute atomic E-state index is 0.267. The lowest BCUT2D eigenvalue weighted by atomic mass is 10.1. The van der Waals surface area contributed by atoms with Crippen molar-refractivity contribution in [1.29, 1.82) is 0 Å². The van der Waals surface area contributed by atoms with Crippen molar-refractivity contribution in [3.63, 3.8) is 0 Å². The Labute approximate surface area is 107 Å². The predicted molar refractivity (Wildman–Crippen MR) is 61.3 cm³/mol. The number of amides is 1. The van der Waals surface area contributed by atoms with E-state index >= 15 is 0 Å². The molecule has 1 aromatic heterocycles. The molecule has 0 aromatic carbocycles. The summed E-state index contributed by atoms with van der Waals surface area (Å²) in [4.78, 5) is 14.4. The van der Waals surface area contributed by atoms with Gasteiger partial charge in [0.2, 0.25) is 5.88 Å². The molecule has 1 aromatic rings. The summed E-state index contributed by atoms with van der Waals surface area (Å²) in [6.07, 6.45) is 0.505. The largest absolute Gasteiger partial charge is 0.458 e. The smallest absolute Gasteiger partial charge is 0.433 e. The molecule has 2 N–H and O–H groups in total. The quantitative estimate of drug-likeness (QED) is 0.856. The van der Waals surface area contributed by atoms with E-state index < -0.39 is 29.3 Å². The number of terminal acetylenes is 1. The lowest BCUT2D eigenvalue weighted by molar-refractivity contribution is -0.141. The van der Waals surface area contributed by atoms with Crippen LogP contribution in [0.15, 0.2) is 12.1 Å². The molecular formula is C12H11F3N2O2. The van der Waals surface area contributed by atoms with Crippen LogP contribution in [0.1, 0.15) is 29.9 Å². The lowest BCUT2D eigenvalue weighted by Gasteiger charge is -2.21. The van der Waals surface area contributed by atoms with Gasteiger partial charge in [0.1, 0.15) is 11.3 Å². The molecule has 0 spiro atoms. The fourth-order valence-electron chi connectivity index (χ4n) is 1.13. The van der Waals surface area contributed by atoms with Crippen LogP contribution in [0.5, 0.6) is 5.88 Å². The Balaban J connectivity index is 3.33. The van der Waals surface area contributed by atoms with E-state index in [4.69, 9.17) is 16.9 Å². The van der Waals surface area contributed by atoms with Gasteiger partial charge in [0, 0.05) is 0 Å². The van der Waals surface area contributed by atoms with Gasteiger partial charge >= 0.3 is 6.18 Å². The Morgan fingerprint density at radius 1 is 1.42 bits per heavy atom. The van der Waals surface area contributed by atoms with Crippen molar-refractivity contribution in [2.75, 3.05) is 0 Å². The average Bonchev–Trinajstić information content (AvgIpc) is 2.27. The second kappa shape index (κ2) is 4.80. The molecule has 0 radical (unpaired) electrons. The molecule has 7 heteroatoms. The van der Waals surface area contributed by atoms with Gasteiger partial charge in [-0.05, 0) is 26.0 Å². The molecule has 1 rings (SSSR count). The number of nitrogens with zero attached hydrogens (tertiary/aromatic N) is 1. The summed E-state index contributed by atoms with van der Waals surface area (Å²) >= 11 is 0. The maximum Gasteiger partial charge on any atom is 0.433 e. The molecule has 0 fully saturated rings. The number of hydrogen-bond acceptors (Lipinski definition) is 3. The van der Waals surface area contributed by atoms with Crippen LogP contribution in [0, 0.1) is 12.3 Å². The third-order valence-corrected chi connectivity index (χ3v) is 2.12. The maximum atomic E-state index is 12.5. The van der Waals surface area contributed by atoms with Crippen molar-refractivity contribution in [2.24, 2.45) is 5.73 Å². The van der Waals surface area contributed by atoms with Gasteiger partial charge in [0.05, 0.1) is 0 Å². The van der Waals surface area contributed by atoms with Crippen LogP contribution >= 0.6 is 0 Å². The van der Waals surface area contributed by atoms with Gasteiger partial charge in [-0.15, -0.1) is 6.42 Å². The van der Waals surface area contributed by atoms with E-state index in [9.17, 15) is 18.0 Å². The number of nitrogens with two attached hydrogens (primary N) is 1. The van der Waals surface area contributed by atoms with Crippen molar-refractivity contribution < 1.29 is 22.7 Å². The first kappa shape index (κ1) is 14.8. The van der Waals surface area contributed by atoms with E-state index in [1.54, 1.807) is 0 Å². The van der Waals surface area contributed by atoms with Crippen LogP contribution < -0.4 is 10.5 Å². The summed E-state index contributed by atoms with van der Waals surface area (Å²) in [7, 11) is 0. The van der Waals surface area contributed by atoms with E-state index in [2.05, 4.69) is 10.9 Å². The van der Waals surface area contributed by atoms with E-state index in [-0.39, 0.29) is 5.56 Å². The van der Waals surface area contributed by atoms with Crippen LogP contribution in [0.3, 0.4) is 0 Å². The van der Waals surface area contributed by atoms with Gasteiger partial charge in [0.15, 0.2) is 5.60 Å². The van der Waals surface area contributed by atoms with Crippen LogP contribution in [-0.2, 0) is 6.18 Å². The van der Waals surface area contributed by atoms with E-state index in [1.807, 2.05) is 0 Å². The lowest BCUT2D eigenvalue weighted by Crippen LogP contribution is -2.28. The van der Waals surface area contributed by atoms with Gasteiger partial charge in [0.25, 0.3) is 5.91 Å². The highest BCUT2D eigenvalue weighted by molar-refractivity contribution is 5.95. The van der Waals surface area contributed by atoms with Crippen molar-refractivity contribution >= 4 is 5.91 Å². The molecule has 1 amide bonds. The second-order valence-electron chi connectivity index (χ2n) is 4.17. The fraction of sp³-hybridized carbons (Fsp3) is 0.333. The normalized spacial score (nSPS) is 11.8. The summed E-state index contributed by atoms with van der Waals surface area (Å²) in [5.41, 5.74) is 2.36. The number of ether oxygens (including phenoxy) is 1. The minimum atomic E-state index is -4.66. The van der Waals surface area contributed by atoms with Crippen molar-refractivity contribution in [3.8, 4) is 18.2 Å². The van der Waals surface area contributed by atoms with E-state index in [0.717, 1.165) is 6.07 Å². The Bertz CT molecular complexity index is 545. The molecule has 0 aliphatic carbocycles. The zero-order chi connectivity index (χ0) is 14.8. The molecule has 0 unspecified atom stereocenters. The third kappa shape index (κ3) is 3.61. The molecule has 1 heterocycles. The Morgan fingerprint density at radius 2 is 2.00 bits per heavy atom. The van der Waals surface area contributed by atoms with Gasteiger partial charge in [-0.25, -0.2) is 4.98 Å². The first-order valence-corrected chi connectivity index (χ1v) is 5.11. The molecule has 0 saturated carbocycles. The topological polar surface area (TPSA) is 65.2 Å². The molecule has 102 valence electrons. The summed E-state index contributed by atoms with van der Waals surface area (Å²) in [6, 6.07) is 1.55. The number of halogens is 3. The Kier molecular flexibility index (Phi) is 3.75. The average molecular weight is 272 g/mol. The highest BCUT2D eigenvalue weighted by Crippen LogP contribution is 2.31. The third-order valence-electron chi connectivity index (χ3n) is 2.12. The number of aromatic nitrogens is 1. The predicted octanol–water partition coefficient (Wildman–Crippen LogP) is 1.99. The Morgan fingerprint density at radius 3 is 2.42 bits per heavy atom. The first-order chi connectivity index (χ1) is 8.57. The van der Waals surface area contributed by atoms with Crippen LogP contribution in [0.4, 0.5) is 13.2 Å². The highest BCUT2D eigenvalue weighted by atomic mass is 19.4. The molecular weight excluding hydrogens is 261 g/mol. The molecule has 0 bridgehead atoms. The van der Waals surface area contributed by atoms with E-state index in [1.165, 1.54) is 13.8 Å². The van der Waals surface area contributed by atoms with Gasteiger partial charge < -0.3 is 10.5 Å². The standard InChI is InChI=1S/C12H11F3N2O2/c1-4-11(2,3)19-10-7(9(16)18)5-6-8(17-10)12(13,14)15/h1,5-6H,2-3H3,(H2,16,18). The number of primary amides is 1. The second-order valence-corrected chi connectivity index (χ2v) is 4.17. The van der Waals surface area contributed by atoms with Crippen LogP contribution in [0.2, 0.25) is 0 Å². The number of pyridine rings is 1. The monoisotopic (exact) mass is 272 g/mol. The summed E-state index contributed by atoms with van der Waals surface area (Å²) in [6.45, 7) is 2.89. The van der Waals surface area contributed by atoms with Crippen LogP contribution in [-0.4, -0.2) is 16.5 Å². The minimum Gasteiger partial charge on any atom is -0.458 e. The summed E-state index contributed by atoms with van der Waals surface area (Å²) in [5.74, 6) is 0.727.